The molecule has 0 spiro atoms. The SMILES string of the molecule is CC1=C(C(=O)OCCC#N)C(c2ccccc2[N+](=O)[O-])C2=C(N1)c1ccccc1C2=O. The third kappa shape index (κ3) is 3.26. The molecule has 154 valence electrons. The zero-order chi connectivity index (χ0) is 22.1. The molecule has 31 heavy (non-hydrogen) atoms. The summed E-state index contributed by atoms with van der Waals surface area (Å²) in [5.41, 5.74) is 2.55. The number of dihydropyridines is 1. The molecule has 1 aliphatic carbocycles. The maximum absolute atomic E-state index is 13.3. The van der Waals surface area contributed by atoms with Crippen LogP contribution >= 0.6 is 0 Å². The van der Waals surface area contributed by atoms with Gasteiger partial charge in [0.2, 0.25) is 0 Å². The summed E-state index contributed by atoms with van der Waals surface area (Å²) in [6, 6.07) is 15.0. The standard InChI is InChI=1S/C23H17N3O5/c1-13-18(23(28)31-12-6-11-24)19(16-9-4-5-10-17(16)26(29)30)20-21(25-13)14-7-2-3-8-15(14)22(20)27/h2-5,7-10,19,25H,6,12H2,1H3. The molecule has 0 aromatic heterocycles. The van der Waals surface area contributed by atoms with Crippen LogP contribution in [0.5, 0.6) is 0 Å². The molecule has 1 aliphatic heterocycles. The van der Waals surface area contributed by atoms with Gasteiger partial charge in [0.25, 0.3) is 5.69 Å². The molecule has 1 unspecified atom stereocenters. The number of nitriles is 1. The zero-order valence-corrected chi connectivity index (χ0v) is 16.5. The van der Waals surface area contributed by atoms with E-state index in [1.54, 1.807) is 43.3 Å². The number of nitrogens with one attached hydrogen (secondary N) is 1. The normalized spacial score (nSPS) is 16.9. The quantitative estimate of drug-likeness (QED) is 0.342. The first-order valence-corrected chi connectivity index (χ1v) is 9.59. The van der Waals surface area contributed by atoms with Gasteiger partial charge in [-0.3, -0.25) is 14.9 Å². The number of nitrogens with zero attached hydrogens (tertiary/aromatic N) is 2. The molecule has 0 saturated heterocycles. The molecule has 8 heteroatoms. The van der Waals surface area contributed by atoms with Crippen LogP contribution in [0.3, 0.4) is 0 Å². The lowest BCUT2D eigenvalue weighted by Crippen LogP contribution is -2.29. The largest absolute Gasteiger partial charge is 0.461 e. The number of rotatable bonds is 5. The average Bonchev–Trinajstić information content (AvgIpc) is 3.05. The van der Waals surface area contributed by atoms with Crippen molar-refractivity contribution < 1.29 is 19.2 Å². The van der Waals surface area contributed by atoms with Crippen molar-refractivity contribution in [3.8, 4) is 6.07 Å². The topological polar surface area (TPSA) is 122 Å². The summed E-state index contributed by atoms with van der Waals surface area (Å²) in [6.45, 7) is 1.55. The molecule has 0 saturated carbocycles. The van der Waals surface area contributed by atoms with Gasteiger partial charge in [0, 0.05) is 34.0 Å². The first-order chi connectivity index (χ1) is 15.0. The van der Waals surface area contributed by atoms with Gasteiger partial charge >= 0.3 is 5.97 Å². The number of carbonyl (C=O) groups excluding carboxylic acids is 2. The molecule has 8 nitrogen and oxygen atoms in total. The Morgan fingerprint density at radius 3 is 2.58 bits per heavy atom. The van der Waals surface area contributed by atoms with Crippen molar-refractivity contribution >= 4 is 23.1 Å². The van der Waals surface area contributed by atoms with E-state index in [2.05, 4.69) is 5.32 Å². The van der Waals surface area contributed by atoms with Gasteiger partial charge < -0.3 is 10.1 Å². The van der Waals surface area contributed by atoms with E-state index in [9.17, 15) is 19.7 Å². The fraction of sp³-hybridized carbons (Fsp3) is 0.174. The zero-order valence-electron chi connectivity index (χ0n) is 16.5. The van der Waals surface area contributed by atoms with Crippen LogP contribution in [-0.2, 0) is 9.53 Å². The first kappa shape index (κ1) is 20.0. The van der Waals surface area contributed by atoms with Gasteiger partial charge in [-0.25, -0.2) is 4.79 Å². The van der Waals surface area contributed by atoms with Crippen LogP contribution in [-0.4, -0.2) is 23.3 Å². The maximum atomic E-state index is 13.3. The molecule has 4 rings (SSSR count). The number of ketones is 1. The van der Waals surface area contributed by atoms with E-state index in [0.717, 1.165) is 0 Å². The highest BCUT2D eigenvalue weighted by Crippen LogP contribution is 2.48. The van der Waals surface area contributed by atoms with Crippen LogP contribution in [0, 0.1) is 21.4 Å². The highest BCUT2D eigenvalue weighted by molar-refractivity contribution is 6.23. The van der Waals surface area contributed by atoms with Gasteiger partial charge in [0.1, 0.15) is 6.61 Å². The lowest BCUT2D eigenvalue weighted by molar-refractivity contribution is -0.385. The number of para-hydroxylation sites is 1. The second-order valence-electron chi connectivity index (χ2n) is 7.12. The molecular formula is C23H17N3O5. The third-order valence-electron chi connectivity index (χ3n) is 5.36. The van der Waals surface area contributed by atoms with Crippen LogP contribution in [0.1, 0.15) is 40.7 Å². The second-order valence-corrected chi connectivity index (χ2v) is 7.12. The molecule has 1 heterocycles. The number of nitro groups is 1. The van der Waals surface area contributed by atoms with Crippen molar-refractivity contribution in [2.75, 3.05) is 6.61 Å². The van der Waals surface area contributed by atoms with Crippen LogP contribution in [0.25, 0.3) is 5.70 Å². The molecule has 1 N–H and O–H groups in total. The minimum Gasteiger partial charge on any atom is -0.461 e. The Labute approximate surface area is 177 Å². The number of esters is 1. The Morgan fingerprint density at radius 2 is 1.87 bits per heavy atom. The van der Waals surface area contributed by atoms with E-state index in [4.69, 9.17) is 10.00 Å². The van der Waals surface area contributed by atoms with Crippen LogP contribution in [0.4, 0.5) is 5.69 Å². The number of carbonyl (C=O) groups is 2. The van der Waals surface area contributed by atoms with E-state index in [0.29, 0.717) is 22.5 Å². The highest BCUT2D eigenvalue weighted by atomic mass is 16.6. The summed E-state index contributed by atoms with van der Waals surface area (Å²) >= 11 is 0. The summed E-state index contributed by atoms with van der Waals surface area (Å²) in [7, 11) is 0. The molecule has 0 radical (unpaired) electrons. The highest BCUT2D eigenvalue weighted by Gasteiger charge is 2.44. The number of nitro benzene ring substituents is 1. The number of hydrogen-bond acceptors (Lipinski definition) is 7. The van der Waals surface area contributed by atoms with Crippen molar-refractivity contribution in [1.29, 1.82) is 5.26 Å². The van der Waals surface area contributed by atoms with Crippen LogP contribution < -0.4 is 5.32 Å². The maximum Gasteiger partial charge on any atom is 0.336 e. The third-order valence-corrected chi connectivity index (χ3v) is 5.36. The summed E-state index contributed by atoms with van der Waals surface area (Å²) in [5.74, 6) is -2.00. The van der Waals surface area contributed by atoms with E-state index in [1.165, 1.54) is 12.1 Å². The van der Waals surface area contributed by atoms with E-state index in [-0.39, 0.29) is 41.2 Å². The molecule has 2 aliphatic rings. The Hall–Kier alpha value is -4.25. The summed E-state index contributed by atoms with van der Waals surface area (Å²) < 4.78 is 5.24. The predicted octanol–water partition coefficient (Wildman–Crippen LogP) is 3.62. The van der Waals surface area contributed by atoms with Crippen molar-refractivity contribution in [3.05, 3.63) is 92.2 Å². The molecular weight excluding hydrogens is 398 g/mol. The number of hydrogen-bond donors (Lipinski definition) is 1. The minimum atomic E-state index is -0.979. The van der Waals surface area contributed by atoms with Crippen molar-refractivity contribution in [1.82, 2.24) is 5.32 Å². The predicted molar refractivity (Wildman–Crippen MR) is 111 cm³/mol. The van der Waals surface area contributed by atoms with Crippen molar-refractivity contribution in [2.45, 2.75) is 19.3 Å². The van der Waals surface area contributed by atoms with E-state index < -0.39 is 16.8 Å². The lowest BCUT2D eigenvalue weighted by atomic mass is 9.79. The number of ether oxygens (including phenoxy) is 1. The molecule has 1 atom stereocenters. The molecule has 2 aromatic rings. The first-order valence-electron chi connectivity index (χ1n) is 9.59. The average molecular weight is 415 g/mol. The van der Waals surface area contributed by atoms with E-state index in [1.807, 2.05) is 6.07 Å². The van der Waals surface area contributed by atoms with Gasteiger partial charge in [-0.15, -0.1) is 0 Å². The van der Waals surface area contributed by atoms with Gasteiger partial charge in [-0.1, -0.05) is 42.5 Å². The Bertz CT molecular complexity index is 1240. The molecule has 0 bridgehead atoms. The fourth-order valence-corrected chi connectivity index (χ4v) is 4.08. The minimum absolute atomic E-state index is 0.0139. The molecule has 0 fully saturated rings. The number of allylic oxidation sites excluding steroid dienone is 2. The monoisotopic (exact) mass is 415 g/mol. The number of Topliss-reactive ketones (excluding diaryl/α,β-unsaturated/α-hetero) is 1. The van der Waals surface area contributed by atoms with Crippen molar-refractivity contribution in [2.24, 2.45) is 0 Å². The Balaban J connectivity index is 1.92. The van der Waals surface area contributed by atoms with Crippen LogP contribution in [0.15, 0.2) is 65.4 Å². The Kier molecular flexibility index (Phi) is 5.09. The van der Waals surface area contributed by atoms with Gasteiger partial charge in [0.15, 0.2) is 5.78 Å². The number of fused-ring (bicyclic) bond motifs is 2. The van der Waals surface area contributed by atoms with Gasteiger partial charge in [-0.2, -0.15) is 5.26 Å². The smallest absolute Gasteiger partial charge is 0.336 e. The van der Waals surface area contributed by atoms with Crippen molar-refractivity contribution in [3.63, 3.8) is 0 Å². The second kappa shape index (κ2) is 7.88. The summed E-state index contributed by atoms with van der Waals surface area (Å²) in [4.78, 5) is 37.5. The molecule has 2 aromatic carbocycles. The summed E-state index contributed by atoms with van der Waals surface area (Å²) in [6.07, 6.45) is 0.0139. The van der Waals surface area contributed by atoms with E-state index >= 15 is 0 Å². The van der Waals surface area contributed by atoms with Gasteiger partial charge in [-0.05, 0) is 6.92 Å². The summed E-state index contributed by atoms with van der Waals surface area (Å²) in [5, 5.41) is 23.6. The molecule has 0 amide bonds. The van der Waals surface area contributed by atoms with Gasteiger partial charge in [0.05, 0.1) is 34.6 Å². The van der Waals surface area contributed by atoms with Crippen LogP contribution in [0.2, 0.25) is 0 Å². The number of benzene rings is 2. The Morgan fingerprint density at radius 1 is 1.19 bits per heavy atom. The fourth-order valence-electron chi connectivity index (χ4n) is 4.08. The lowest BCUT2D eigenvalue weighted by Gasteiger charge is -2.29.